The van der Waals surface area contributed by atoms with E-state index in [1.807, 2.05) is 32.0 Å². The third kappa shape index (κ3) is 6.87. The van der Waals surface area contributed by atoms with E-state index >= 15 is 0 Å². The van der Waals surface area contributed by atoms with E-state index in [4.69, 9.17) is 9.47 Å². The number of aromatic nitrogens is 3. The third-order valence-electron chi connectivity index (χ3n) is 5.09. The number of hydrogen-bond acceptors (Lipinski definition) is 5. The molecule has 1 aromatic heterocycles. The molecule has 0 saturated carbocycles. The van der Waals surface area contributed by atoms with Gasteiger partial charge in [0.15, 0.2) is 12.4 Å². The van der Waals surface area contributed by atoms with Gasteiger partial charge < -0.3 is 14.8 Å². The van der Waals surface area contributed by atoms with Crippen LogP contribution < -0.4 is 14.8 Å². The largest absolute Gasteiger partial charge is 0.484 e. The van der Waals surface area contributed by atoms with E-state index in [0.717, 1.165) is 12.1 Å². The highest BCUT2D eigenvalue weighted by atomic mass is 19.4. The number of halogens is 3. The first-order chi connectivity index (χ1) is 17.7. The molecule has 4 rings (SSSR count). The van der Waals surface area contributed by atoms with Crippen molar-refractivity contribution in [2.45, 2.75) is 20.0 Å². The summed E-state index contributed by atoms with van der Waals surface area (Å²) in [5.74, 6) is 0.638. The van der Waals surface area contributed by atoms with E-state index in [2.05, 4.69) is 15.4 Å². The van der Waals surface area contributed by atoms with E-state index in [9.17, 15) is 18.0 Å². The maximum Gasteiger partial charge on any atom is 0.416 e. The summed E-state index contributed by atoms with van der Waals surface area (Å²) < 4.78 is 52.4. The summed E-state index contributed by atoms with van der Waals surface area (Å²) >= 11 is 0. The van der Waals surface area contributed by atoms with Crippen molar-refractivity contribution in [2.24, 2.45) is 5.92 Å². The molecule has 0 aliphatic heterocycles. The quantitative estimate of drug-likeness (QED) is 0.299. The van der Waals surface area contributed by atoms with Crippen LogP contribution >= 0.6 is 0 Å². The van der Waals surface area contributed by atoms with Crippen LogP contribution in [0.3, 0.4) is 0 Å². The van der Waals surface area contributed by atoms with Gasteiger partial charge in [0, 0.05) is 11.3 Å². The topological polar surface area (TPSA) is 78.3 Å². The molecule has 0 aliphatic rings. The smallest absolute Gasteiger partial charge is 0.416 e. The zero-order valence-corrected chi connectivity index (χ0v) is 20.2. The van der Waals surface area contributed by atoms with Gasteiger partial charge in [-0.25, -0.2) is 4.68 Å². The van der Waals surface area contributed by atoms with Gasteiger partial charge in [-0.1, -0.05) is 44.2 Å². The lowest BCUT2D eigenvalue weighted by molar-refractivity contribution is -0.137. The van der Waals surface area contributed by atoms with Crippen LogP contribution in [-0.2, 0) is 11.0 Å². The molecule has 0 aliphatic carbocycles. The van der Waals surface area contributed by atoms with Gasteiger partial charge in [0.05, 0.1) is 17.9 Å². The minimum atomic E-state index is -4.50. The van der Waals surface area contributed by atoms with E-state index in [-0.39, 0.29) is 35.8 Å². The highest BCUT2D eigenvalue weighted by Crippen LogP contribution is 2.33. The van der Waals surface area contributed by atoms with Gasteiger partial charge in [0.1, 0.15) is 5.75 Å². The monoisotopic (exact) mass is 510 g/mol. The molecule has 4 aromatic rings. The minimum absolute atomic E-state index is 0.0524. The molecule has 0 spiro atoms. The Balaban J connectivity index is 1.55. The van der Waals surface area contributed by atoms with Crippen LogP contribution in [0.5, 0.6) is 11.8 Å². The molecule has 1 N–H and O–H groups in total. The van der Waals surface area contributed by atoms with Crippen LogP contribution in [0, 0.1) is 5.92 Å². The van der Waals surface area contributed by atoms with Crippen LogP contribution in [0.4, 0.5) is 18.9 Å². The maximum absolute atomic E-state index is 13.3. The van der Waals surface area contributed by atoms with Gasteiger partial charge in [0.2, 0.25) is 0 Å². The van der Waals surface area contributed by atoms with Crippen LogP contribution in [0.15, 0.2) is 78.9 Å². The SMILES string of the molecule is CC(C)COc1nc(-c2cccc(C(F)(F)F)c2)n(-c2ccc(NC(=O)COc3ccccc3)cc2)n1. The second-order valence-corrected chi connectivity index (χ2v) is 8.61. The second-order valence-electron chi connectivity index (χ2n) is 8.61. The predicted octanol–water partition coefficient (Wildman–Crippen LogP) is 6.01. The van der Waals surface area contributed by atoms with Crippen LogP contribution in [0.2, 0.25) is 0 Å². The maximum atomic E-state index is 13.3. The Morgan fingerprint density at radius 3 is 2.38 bits per heavy atom. The standard InChI is InChI=1S/C27H25F3N4O3/c1-18(2)16-37-26-32-25(19-7-6-8-20(15-19)27(28,29)30)34(33-26)22-13-11-21(12-14-22)31-24(35)17-36-23-9-4-3-5-10-23/h3-15,18H,16-17H2,1-2H3,(H,31,35). The lowest BCUT2D eigenvalue weighted by Crippen LogP contribution is -2.20. The summed E-state index contributed by atoms with van der Waals surface area (Å²) in [4.78, 5) is 16.6. The molecule has 10 heteroatoms. The predicted molar refractivity (Wildman–Crippen MR) is 133 cm³/mol. The molecule has 0 radical (unpaired) electrons. The molecule has 3 aromatic carbocycles. The Labute approximate surface area is 211 Å². The van der Waals surface area contributed by atoms with Gasteiger partial charge in [-0.15, -0.1) is 5.10 Å². The number of rotatable bonds is 9. The van der Waals surface area contributed by atoms with Crippen molar-refractivity contribution in [1.82, 2.24) is 14.8 Å². The number of carbonyl (C=O) groups is 1. The Morgan fingerprint density at radius 2 is 1.70 bits per heavy atom. The van der Waals surface area contributed by atoms with Gasteiger partial charge in [-0.3, -0.25) is 4.79 Å². The normalized spacial score (nSPS) is 11.4. The molecule has 1 heterocycles. The van der Waals surface area contributed by atoms with Crippen molar-refractivity contribution in [3.05, 3.63) is 84.4 Å². The van der Waals surface area contributed by atoms with Crippen molar-refractivity contribution in [1.29, 1.82) is 0 Å². The van der Waals surface area contributed by atoms with Crippen LogP contribution in [0.25, 0.3) is 17.1 Å². The molecule has 0 fully saturated rings. The van der Waals surface area contributed by atoms with E-state index in [0.29, 0.717) is 23.7 Å². The van der Waals surface area contributed by atoms with Crippen LogP contribution in [0.1, 0.15) is 19.4 Å². The number of para-hydroxylation sites is 1. The Hall–Kier alpha value is -4.34. The molecule has 0 saturated heterocycles. The lowest BCUT2D eigenvalue weighted by atomic mass is 10.1. The number of benzene rings is 3. The Bertz CT molecular complexity index is 1340. The van der Waals surface area contributed by atoms with Crippen molar-refractivity contribution in [3.8, 4) is 28.8 Å². The number of hydrogen-bond donors (Lipinski definition) is 1. The van der Waals surface area contributed by atoms with E-state index in [1.165, 1.54) is 16.8 Å². The average molecular weight is 511 g/mol. The lowest BCUT2D eigenvalue weighted by Gasteiger charge is -2.11. The summed E-state index contributed by atoms with van der Waals surface area (Å²) in [6.45, 7) is 4.11. The zero-order chi connectivity index (χ0) is 26.4. The number of anilines is 1. The minimum Gasteiger partial charge on any atom is -0.484 e. The van der Waals surface area contributed by atoms with E-state index < -0.39 is 11.7 Å². The molecule has 0 atom stereocenters. The fraction of sp³-hybridized carbons (Fsp3) is 0.222. The third-order valence-corrected chi connectivity index (χ3v) is 5.09. The number of nitrogens with zero attached hydrogens (tertiary/aromatic N) is 3. The molecule has 1 amide bonds. The molecular weight excluding hydrogens is 485 g/mol. The highest BCUT2D eigenvalue weighted by Gasteiger charge is 2.31. The molecule has 0 bridgehead atoms. The molecule has 192 valence electrons. The molecule has 7 nitrogen and oxygen atoms in total. The number of amides is 1. The van der Waals surface area contributed by atoms with Gasteiger partial charge in [0.25, 0.3) is 5.91 Å². The Kier molecular flexibility index (Phi) is 7.76. The number of ether oxygens (including phenoxy) is 2. The van der Waals surface area contributed by atoms with E-state index in [1.54, 1.807) is 36.4 Å². The first-order valence-corrected chi connectivity index (χ1v) is 11.5. The van der Waals surface area contributed by atoms with Gasteiger partial charge in [-0.05, 0) is 54.4 Å². The van der Waals surface area contributed by atoms with Crippen LogP contribution in [-0.4, -0.2) is 33.9 Å². The van der Waals surface area contributed by atoms with Gasteiger partial charge >= 0.3 is 12.2 Å². The fourth-order valence-electron chi connectivity index (χ4n) is 3.35. The van der Waals surface area contributed by atoms with Gasteiger partial charge in [-0.2, -0.15) is 18.2 Å². The summed E-state index contributed by atoms with van der Waals surface area (Å²) in [6.07, 6.45) is -4.50. The second kappa shape index (κ2) is 11.2. The summed E-state index contributed by atoms with van der Waals surface area (Å²) in [5, 5.41) is 7.11. The van der Waals surface area contributed by atoms with Crippen molar-refractivity contribution in [2.75, 3.05) is 18.5 Å². The zero-order valence-electron chi connectivity index (χ0n) is 20.2. The molecule has 0 unspecified atom stereocenters. The molecule has 37 heavy (non-hydrogen) atoms. The van der Waals surface area contributed by atoms with Crippen molar-refractivity contribution in [3.63, 3.8) is 0 Å². The number of nitrogens with one attached hydrogen (secondary N) is 1. The summed E-state index contributed by atoms with van der Waals surface area (Å²) in [5.41, 5.74) is 0.484. The fourth-order valence-corrected chi connectivity index (χ4v) is 3.35. The van der Waals surface area contributed by atoms with Crippen molar-refractivity contribution >= 4 is 11.6 Å². The summed E-state index contributed by atoms with van der Waals surface area (Å²) in [7, 11) is 0. The Morgan fingerprint density at radius 1 is 0.973 bits per heavy atom. The molecular formula is C27H25F3N4O3. The van der Waals surface area contributed by atoms with Crippen molar-refractivity contribution < 1.29 is 27.4 Å². The summed E-state index contributed by atoms with van der Waals surface area (Å²) in [6, 6.07) is 20.5. The number of alkyl halides is 3. The first-order valence-electron chi connectivity index (χ1n) is 11.5. The highest BCUT2D eigenvalue weighted by molar-refractivity contribution is 5.92. The first kappa shape index (κ1) is 25.7. The number of carbonyl (C=O) groups excluding carboxylic acids is 1. The average Bonchev–Trinajstić information content (AvgIpc) is 3.31.